The van der Waals surface area contributed by atoms with E-state index in [0.29, 0.717) is 30.0 Å². The van der Waals surface area contributed by atoms with Gasteiger partial charge in [0.25, 0.3) is 12.0 Å². The van der Waals surface area contributed by atoms with Crippen LogP contribution in [0.2, 0.25) is 0 Å². The summed E-state index contributed by atoms with van der Waals surface area (Å²) in [5, 5.41) is 14.2. The second kappa shape index (κ2) is 9.93. The number of rotatable bonds is 6. The summed E-state index contributed by atoms with van der Waals surface area (Å²) >= 11 is 0. The standard InChI is InChI=1S/C32H30N6O4/c1-4-26-25(15-19-9-11-20(12-10-19)23-7-5-6-8-24(23)28-35-31(40)42-36-28)29(39)37(30-33-18-34-38(26)30)22-13-14-27-21(16-22)17-32(2,3)41-27/h5-14,16,18,31,40H,4,15,17H2,1-3H3,(H,35,36). The van der Waals surface area contributed by atoms with Gasteiger partial charge >= 0.3 is 0 Å². The average Bonchev–Trinajstić information content (AvgIpc) is 3.71. The first-order valence-corrected chi connectivity index (χ1v) is 14.0. The smallest absolute Gasteiger partial charge is 0.280 e. The van der Waals surface area contributed by atoms with Crippen molar-refractivity contribution in [2.45, 2.75) is 52.0 Å². The maximum Gasteiger partial charge on any atom is 0.280 e. The van der Waals surface area contributed by atoms with Crippen molar-refractivity contribution in [1.82, 2.24) is 24.6 Å². The molecular weight excluding hydrogens is 532 g/mol. The molecule has 212 valence electrons. The molecule has 5 aromatic rings. The minimum atomic E-state index is -1.23. The van der Waals surface area contributed by atoms with Gasteiger partial charge in [0, 0.05) is 29.5 Å². The number of aliphatic imine (C=N–C) groups is 1. The molecule has 0 fully saturated rings. The van der Waals surface area contributed by atoms with E-state index in [1.165, 1.54) is 6.33 Å². The van der Waals surface area contributed by atoms with Gasteiger partial charge in [-0.05, 0) is 55.2 Å². The molecule has 0 saturated carbocycles. The van der Waals surface area contributed by atoms with Crippen molar-refractivity contribution in [2.24, 2.45) is 4.99 Å². The zero-order chi connectivity index (χ0) is 29.0. The van der Waals surface area contributed by atoms with Gasteiger partial charge in [0.15, 0.2) is 5.84 Å². The van der Waals surface area contributed by atoms with Crippen molar-refractivity contribution < 1.29 is 14.7 Å². The highest BCUT2D eigenvalue weighted by atomic mass is 16.7. The number of nitrogens with one attached hydrogen (secondary N) is 1. The van der Waals surface area contributed by atoms with E-state index in [9.17, 15) is 9.90 Å². The quantitative estimate of drug-likeness (QED) is 0.322. The van der Waals surface area contributed by atoms with Crippen LogP contribution >= 0.6 is 0 Å². The number of nitrogens with zero attached hydrogens (tertiary/aromatic N) is 5. The monoisotopic (exact) mass is 562 g/mol. The molecule has 2 aromatic heterocycles. The number of hydroxylamine groups is 1. The van der Waals surface area contributed by atoms with Crippen LogP contribution in [0.15, 0.2) is 82.8 Å². The van der Waals surface area contributed by atoms with Crippen molar-refractivity contribution in [3.63, 3.8) is 0 Å². The first-order valence-electron chi connectivity index (χ1n) is 14.0. The van der Waals surface area contributed by atoms with Gasteiger partial charge in [0.05, 0.1) is 11.4 Å². The lowest BCUT2D eigenvalue weighted by molar-refractivity contribution is -0.102. The summed E-state index contributed by atoms with van der Waals surface area (Å²) in [7, 11) is 0. The van der Waals surface area contributed by atoms with Gasteiger partial charge in [-0.1, -0.05) is 55.5 Å². The Balaban J connectivity index is 1.27. The molecule has 0 bridgehead atoms. The second-order valence-corrected chi connectivity index (χ2v) is 11.2. The number of hydrogen-bond acceptors (Lipinski definition) is 8. The Kier molecular flexibility index (Phi) is 6.18. The van der Waals surface area contributed by atoms with Crippen LogP contribution in [0.3, 0.4) is 0 Å². The van der Waals surface area contributed by atoms with E-state index in [1.807, 2.05) is 73.7 Å². The Morgan fingerprint density at radius 1 is 1.07 bits per heavy atom. The van der Waals surface area contributed by atoms with Gasteiger partial charge < -0.3 is 9.84 Å². The molecule has 3 aromatic carbocycles. The van der Waals surface area contributed by atoms with Gasteiger partial charge in [-0.25, -0.2) is 24.4 Å². The van der Waals surface area contributed by atoms with E-state index in [4.69, 9.17) is 9.57 Å². The molecule has 0 saturated heterocycles. The molecule has 2 aliphatic heterocycles. The number of amidine groups is 1. The van der Waals surface area contributed by atoms with Crippen LogP contribution < -0.4 is 15.8 Å². The number of benzene rings is 3. The van der Waals surface area contributed by atoms with Gasteiger partial charge in [-0.2, -0.15) is 10.1 Å². The van der Waals surface area contributed by atoms with Crippen LogP contribution in [0.1, 0.15) is 48.7 Å². The Bertz CT molecular complexity index is 1920. The summed E-state index contributed by atoms with van der Waals surface area (Å²) in [6.07, 6.45) is 2.10. The summed E-state index contributed by atoms with van der Waals surface area (Å²) in [6, 6.07) is 21.8. The lowest BCUT2D eigenvalue weighted by Gasteiger charge is -2.16. The lowest BCUT2D eigenvalue weighted by atomic mass is 9.96. The van der Waals surface area contributed by atoms with Crippen LogP contribution in [-0.2, 0) is 24.1 Å². The summed E-state index contributed by atoms with van der Waals surface area (Å²) < 4.78 is 9.50. The molecule has 1 atom stereocenters. The van der Waals surface area contributed by atoms with E-state index >= 15 is 0 Å². The van der Waals surface area contributed by atoms with Crippen LogP contribution in [0.25, 0.3) is 22.6 Å². The van der Waals surface area contributed by atoms with Gasteiger partial charge in [0.2, 0.25) is 5.78 Å². The number of aromatic nitrogens is 4. The first kappa shape index (κ1) is 26.1. The topological polar surface area (TPSA) is 115 Å². The van der Waals surface area contributed by atoms with E-state index < -0.39 is 6.41 Å². The SMILES string of the molecule is CCc1c(Cc2ccc(-c3ccccc3C3=NC(O)ON3)cc2)c(=O)n(-c2ccc3c(c2)CC(C)(C)O3)c2ncnn12. The van der Waals surface area contributed by atoms with E-state index in [2.05, 4.69) is 34.4 Å². The summed E-state index contributed by atoms with van der Waals surface area (Å²) in [5.74, 6) is 1.81. The predicted octanol–water partition coefficient (Wildman–Crippen LogP) is 3.97. The number of fused-ring (bicyclic) bond motifs is 2. The number of ether oxygens (including phenoxy) is 1. The maximum atomic E-state index is 14.2. The molecule has 0 spiro atoms. The summed E-state index contributed by atoms with van der Waals surface area (Å²) in [5.41, 5.74) is 9.35. The van der Waals surface area contributed by atoms with Crippen molar-refractivity contribution in [3.05, 3.63) is 111 Å². The zero-order valence-corrected chi connectivity index (χ0v) is 23.5. The summed E-state index contributed by atoms with van der Waals surface area (Å²) in [4.78, 5) is 27.8. The molecule has 42 heavy (non-hydrogen) atoms. The molecule has 2 N–H and O–H groups in total. The van der Waals surface area contributed by atoms with Crippen molar-refractivity contribution in [1.29, 1.82) is 0 Å². The third kappa shape index (κ3) is 4.45. The van der Waals surface area contributed by atoms with Gasteiger partial charge in [-0.15, -0.1) is 0 Å². The van der Waals surface area contributed by atoms with Crippen LogP contribution in [-0.4, -0.2) is 42.1 Å². The van der Waals surface area contributed by atoms with E-state index in [-0.39, 0.29) is 11.2 Å². The van der Waals surface area contributed by atoms with Crippen molar-refractivity contribution >= 4 is 11.6 Å². The Morgan fingerprint density at radius 3 is 2.60 bits per heavy atom. The van der Waals surface area contributed by atoms with Gasteiger partial charge in [-0.3, -0.25) is 4.79 Å². The number of hydrogen-bond donors (Lipinski definition) is 2. The summed E-state index contributed by atoms with van der Waals surface area (Å²) in [6.45, 7) is 6.15. The molecule has 0 radical (unpaired) electrons. The average molecular weight is 563 g/mol. The molecule has 2 aliphatic rings. The Labute approximate surface area is 241 Å². The third-order valence-electron chi connectivity index (χ3n) is 7.76. The molecule has 10 heteroatoms. The second-order valence-electron chi connectivity index (χ2n) is 11.2. The number of aliphatic hydroxyl groups excluding tert-OH is 1. The molecule has 0 amide bonds. The van der Waals surface area contributed by atoms with Gasteiger partial charge in [0.1, 0.15) is 17.7 Å². The third-order valence-corrected chi connectivity index (χ3v) is 7.76. The zero-order valence-electron chi connectivity index (χ0n) is 23.5. The van der Waals surface area contributed by atoms with Crippen LogP contribution in [0.5, 0.6) is 5.75 Å². The fourth-order valence-corrected chi connectivity index (χ4v) is 5.91. The number of aliphatic hydroxyl groups is 1. The molecule has 1 unspecified atom stereocenters. The first-order chi connectivity index (χ1) is 20.3. The fraction of sp³-hybridized carbons (Fsp3) is 0.250. The Hall–Kier alpha value is -4.80. The molecule has 0 aliphatic carbocycles. The molecular formula is C32H30N6O4. The highest BCUT2D eigenvalue weighted by Crippen LogP contribution is 2.36. The normalized spacial score (nSPS) is 17.1. The highest BCUT2D eigenvalue weighted by Gasteiger charge is 2.30. The fourth-order valence-electron chi connectivity index (χ4n) is 5.91. The molecule has 4 heterocycles. The van der Waals surface area contributed by atoms with E-state index in [0.717, 1.165) is 51.4 Å². The molecule has 7 rings (SSSR count). The minimum absolute atomic E-state index is 0.108. The minimum Gasteiger partial charge on any atom is -0.487 e. The Morgan fingerprint density at radius 2 is 1.86 bits per heavy atom. The van der Waals surface area contributed by atoms with Crippen LogP contribution in [0, 0.1) is 0 Å². The van der Waals surface area contributed by atoms with E-state index in [1.54, 1.807) is 9.08 Å². The highest BCUT2D eigenvalue weighted by molar-refractivity contribution is 6.04. The predicted molar refractivity (Wildman–Crippen MR) is 158 cm³/mol. The maximum absolute atomic E-state index is 14.2. The van der Waals surface area contributed by atoms with Crippen LogP contribution in [0.4, 0.5) is 0 Å². The van der Waals surface area contributed by atoms with Crippen molar-refractivity contribution in [3.8, 4) is 22.6 Å². The number of aryl methyl sites for hydroxylation is 1. The van der Waals surface area contributed by atoms with Crippen molar-refractivity contribution in [2.75, 3.05) is 0 Å². The molecule has 10 nitrogen and oxygen atoms in total. The lowest BCUT2D eigenvalue weighted by Crippen LogP contribution is -2.28. The largest absolute Gasteiger partial charge is 0.487 e.